The van der Waals surface area contributed by atoms with Gasteiger partial charge in [-0.1, -0.05) is 51.8 Å². The topological polar surface area (TPSA) is 20.3 Å². The Morgan fingerprint density at radius 1 is 1.16 bits per heavy atom. The summed E-state index contributed by atoms with van der Waals surface area (Å²) in [4.78, 5) is 11.7. The third-order valence-corrected chi connectivity index (χ3v) is 11.8. The zero-order valence-electron chi connectivity index (χ0n) is 13.5. The molecule has 2 nitrogen and oxygen atoms in total. The molecule has 0 N–H and O–H groups in total. The maximum Gasteiger partial charge on any atom is 0.212 e. The van der Waals surface area contributed by atoms with Crippen molar-refractivity contribution >= 4 is 34.2 Å². The van der Waals surface area contributed by atoms with Crippen molar-refractivity contribution in [2.24, 2.45) is 0 Å². The molecule has 0 radical (unpaired) electrons. The fourth-order valence-electron chi connectivity index (χ4n) is 3.74. The van der Waals surface area contributed by atoms with Gasteiger partial charge in [-0.15, -0.1) is 12.6 Å². The first kappa shape index (κ1) is 17.2. The second-order valence-electron chi connectivity index (χ2n) is 7.51. The van der Waals surface area contributed by atoms with Gasteiger partial charge in [0.05, 0.1) is 0 Å². The van der Waals surface area contributed by atoms with Gasteiger partial charge in [0.15, 0.2) is 0 Å². The lowest BCUT2D eigenvalue weighted by atomic mass is 10.1. The molecule has 0 heterocycles. The number of carbonyl (C=O) groups excluding carboxylic acids is 1. The summed E-state index contributed by atoms with van der Waals surface area (Å²) in [6.07, 6.45) is 2.98. The molecule has 1 aliphatic carbocycles. The monoisotopic (exact) mass is 315 g/mol. The van der Waals surface area contributed by atoms with Crippen molar-refractivity contribution in [3.05, 3.63) is 11.1 Å². The van der Waals surface area contributed by atoms with Gasteiger partial charge in [0.25, 0.3) is 0 Å². The van der Waals surface area contributed by atoms with Gasteiger partial charge in [0.2, 0.25) is 5.12 Å². The van der Waals surface area contributed by atoms with E-state index in [0.717, 1.165) is 24.8 Å². The van der Waals surface area contributed by atoms with Crippen molar-refractivity contribution in [3.8, 4) is 0 Å². The molecule has 0 amide bonds. The Balaban J connectivity index is 3.03. The third-order valence-electron chi connectivity index (χ3n) is 3.84. The normalized spacial score (nSPS) is 21.4. The lowest BCUT2D eigenvalue weighted by Gasteiger charge is -2.48. The van der Waals surface area contributed by atoms with E-state index in [9.17, 15) is 4.79 Å². The minimum atomic E-state index is -1.36. The molecule has 0 bridgehead atoms. The van der Waals surface area contributed by atoms with E-state index in [-0.39, 0.29) is 5.12 Å². The molecular weight excluding hydrogens is 286 g/mol. The van der Waals surface area contributed by atoms with E-state index in [2.05, 4.69) is 63.1 Å². The molecule has 0 saturated heterocycles. The minimum Gasteiger partial charge on any atom is -0.343 e. The molecule has 110 valence electrons. The molecule has 0 aliphatic heterocycles. The van der Waals surface area contributed by atoms with Crippen molar-refractivity contribution < 1.29 is 4.79 Å². The predicted molar refractivity (Wildman–Crippen MR) is 92.9 cm³/mol. The van der Waals surface area contributed by atoms with Crippen molar-refractivity contribution in [3.63, 3.8) is 0 Å². The van der Waals surface area contributed by atoms with Gasteiger partial charge in [-0.05, 0) is 19.3 Å². The summed E-state index contributed by atoms with van der Waals surface area (Å²) in [7, 11) is -2.72. The lowest BCUT2D eigenvalue weighted by Crippen LogP contribution is -2.62. The maximum absolute atomic E-state index is 11.7. The number of hydrogen-bond donors (Lipinski definition) is 1. The van der Waals surface area contributed by atoms with Crippen LogP contribution in [-0.2, 0) is 4.79 Å². The second-order valence-corrected chi connectivity index (χ2v) is 18.0. The van der Waals surface area contributed by atoms with Crippen LogP contribution in [-0.4, -0.2) is 31.9 Å². The summed E-state index contributed by atoms with van der Waals surface area (Å²) in [5.74, 6) is 0. The summed E-state index contributed by atoms with van der Waals surface area (Å²) in [5.41, 5.74) is 2.34. The Hall–Kier alpha value is 0.154. The van der Waals surface area contributed by atoms with E-state index in [0.29, 0.717) is 6.04 Å². The van der Waals surface area contributed by atoms with Crippen LogP contribution in [0.1, 0.15) is 26.2 Å². The van der Waals surface area contributed by atoms with E-state index in [1.165, 1.54) is 5.57 Å². The van der Waals surface area contributed by atoms with Gasteiger partial charge in [-0.25, -0.2) is 0 Å². The fraction of sp³-hybridized carbons (Fsp3) is 0.786. The Morgan fingerprint density at radius 2 is 1.63 bits per heavy atom. The molecule has 1 unspecified atom stereocenters. The minimum absolute atomic E-state index is 0.00884. The predicted octanol–water partition coefficient (Wildman–Crippen LogP) is 4.28. The lowest BCUT2D eigenvalue weighted by molar-refractivity contribution is -0.107. The first-order valence-corrected chi connectivity index (χ1v) is 14.6. The highest BCUT2D eigenvalue weighted by Gasteiger charge is 2.42. The maximum atomic E-state index is 11.7. The van der Waals surface area contributed by atoms with Crippen LogP contribution in [0.25, 0.3) is 0 Å². The van der Waals surface area contributed by atoms with Crippen LogP contribution in [0.3, 0.4) is 0 Å². The van der Waals surface area contributed by atoms with Gasteiger partial charge in [-0.3, -0.25) is 4.79 Å². The largest absolute Gasteiger partial charge is 0.343 e. The molecule has 0 fully saturated rings. The first-order valence-electron chi connectivity index (χ1n) is 7.22. The summed E-state index contributed by atoms with van der Waals surface area (Å²) < 4.78 is 2.83. The van der Waals surface area contributed by atoms with Gasteiger partial charge in [0.1, 0.15) is 16.5 Å². The van der Waals surface area contributed by atoms with E-state index in [1.807, 2.05) is 0 Å². The SMILES string of the molecule is CCC1=C(C(=O)S)CC(N([Si](C)(C)C)[Si](C)(C)C)C1. The third kappa shape index (κ3) is 4.06. The van der Waals surface area contributed by atoms with Crippen molar-refractivity contribution in [1.29, 1.82) is 0 Å². The molecule has 1 aliphatic rings. The zero-order valence-corrected chi connectivity index (χ0v) is 16.4. The fourth-order valence-corrected chi connectivity index (χ4v) is 14.6. The highest BCUT2D eigenvalue weighted by molar-refractivity contribution is 7.97. The molecule has 0 spiro atoms. The van der Waals surface area contributed by atoms with Crippen molar-refractivity contribution in [2.75, 3.05) is 0 Å². The van der Waals surface area contributed by atoms with Crippen LogP contribution in [0, 0.1) is 0 Å². The van der Waals surface area contributed by atoms with E-state index in [1.54, 1.807) is 0 Å². The van der Waals surface area contributed by atoms with Gasteiger partial charge >= 0.3 is 0 Å². The van der Waals surface area contributed by atoms with Crippen LogP contribution in [0.5, 0.6) is 0 Å². The number of hydrogen-bond acceptors (Lipinski definition) is 2. The number of thiol groups is 1. The Bertz CT molecular complexity index is 379. The standard InChI is InChI=1S/C14H29NOSSi2/c1-8-11-9-12(10-13(11)14(16)17)15(18(2,3)4)19(5,6)7/h12H,8-10H2,1-7H3,(H,16,17). The molecule has 5 heteroatoms. The van der Waals surface area contributed by atoms with Crippen molar-refractivity contribution in [1.82, 2.24) is 4.23 Å². The summed E-state index contributed by atoms with van der Waals surface area (Å²) in [6.45, 7) is 16.7. The molecule has 0 saturated carbocycles. The highest BCUT2D eigenvalue weighted by Crippen LogP contribution is 2.37. The summed E-state index contributed by atoms with van der Waals surface area (Å²) in [5, 5.41) is -0.00884. The van der Waals surface area contributed by atoms with Crippen LogP contribution < -0.4 is 0 Å². The molecule has 19 heavy (non-hydrogen) atoms. The van der Waals surface area contributed by atoms with Crippen molar-refractivity contribution in [2.45, 2.75) is 71.5 Å². The number of rotatable bonds is 5. The van der Waals surface area contributed by atoms with Gasteiger partial charge in [0, 0.05) is 11.6 Å². The Labute approximate surface area is 126 Å². The van der Waals surface area contributed by atoms with Crippen LogP contribution >= 0.6 is 12.6 Å². The number of carbonyl (C=O) groups is 1. The molecule has 1 atom stereocenters. The molecule has 0 aromatic rings. The zero-order chi connectivity index (χ0) is 15.0. The average Bonchev–Trinajstić information content (AvgIpc) is 2.56. The molecular formula is C14H29NOSSi2. The smallest absolute Gasteiger partial charge is 0.212 e. The summed E-state index contributed by atoms with van der Waals surface area (Å²) in [6, 6.07) is 0.541. The van der Waals surface area contributed by atoms with Crippen LogP contribution in [0.2, 0.25) is 39.3 Å². The van der Waals surface area contributed by atoms with Gasteiger partial charge < -0.3 is 4.23 Å². The highest BCUT2D eigenvalue weighted by atomic mass is 32.1. The van der Waals surface area contributed by atoms with E-state index >= 15 is 0 Å². The average molecular weight is 316 g/mol. The van der Waals surface area contributed by atoms with E-state index < -0.39 is 16.5 Å². The summed E-state index contributed by atoms with van der Waals surface area (Å²) >= 11 is 4.07. The molecule has 0 aromatic heterocycles. The van der Waals surface area contributed by atoms with E-state index in [4.69, 9.17) is 0 Å². The van der Waals surface area contributed by atoms with Crippen LogP contribution in [0.15, 0.2) is 11.1 Å². The Morgan fingerprint density at radius 3 is 1.89 bits per heavy atom. The second kappa shape index (κ2) is 5.87. The molecule has 1 rings (SSSR count). The molecule has 0 aromatic carbocycles. The first-order chi connectivity index (χ1) is 8.48. The number of nitrogens with zero attached hydrogens (tertiary/aromatic N) is 1. The van der Waals surface area contributed by atoms with Crippen LogP contribution in [0.4, 0.5) is 0 Å². The van der Waals surface area contributed by atoms with Gasteiger partial charge in [-0.2, -0.15) is 0 Å². The Kier molecular flexibility index (Phi) is 5.32. The quantitative estimate of drug-likeness (QED) is 0.603.